The van der Waals surface area contributed by atoms with Crippen LogP contribution in [0.15, 0.2) is 178 Å². The number of hydrogen-bond acceptors (Lipinski definition) is 9. The molecule has 0 fully saturated rings. The summed E-state index contributed by atoms with van der Waals surface area (Å²) in [6.45, 7) is 12.7. The fraction of sp³-hybridized carbons (Fsp3) is 0.0769. The smallest absolute Gasteiger partial charge is 0.248 e. The highest BCUT2D eigenvalue weighted by Crippen LogP contribution is 2.32. The van der Waals surface area contributed by atoms with Crippen LogP contribution >= 0.6 is 0 Å². The Bertz CT molecular complexity index is 3020. The molecule has 9 rings (SSSR count). The minimum Gasteiger partial charge on any atom is -0.416 e. The molecule has 6 aromatic carbocycles. The summed E-state index contributed by atoms with van der Waals surface area (Å²) in [5, 5.41) is 25.8. The largest absolute Gasteiger partial charge is 0.416 e. The third kappa shape index (κ3) is 8.58. The first-order valence-electron chi connectivity index (χ1n) is 19.9. The molecule has 9 aromatic rings. The van der Waals surface area contributed by atoms with Crippen molar-refractivity contribution in [2.75, 3.05) is 0 Å². The SMILES string of the molecule is C=C(/C=C(\C=C(/C)c1ccc(-c2nnc(-c3ccc(C)cc3)o2)cc1)c1ccc(-c2nnc(-c3ccc(C)cc3)o2)cc1)c1ccc(-c2nnc(-c3ccc(C)cc3)o2)cc1. The molecule has 3 heterocycles. The van der Waals surface area contributed by atoms with Gasteiger partial charge >= 0.3 is 0 Å². The molecule has 0 bridgehead atoms. The number of aromatic nitrogens is 6. The van der Waals surface area contributed by atoms with Gasteiger partial charge in [0.05, 0.1) is 0 Å². The van der Waals surface area contributed by atoms with E-state index in [1.165, 1.54) is 11.1 Å². The maximum absolute atomic E-state index is 6.09. The molecule has 0 saturated carbocycles. The van der Waals surface area contributed by atoms with E-state index in [4.69, 9.17) is 13.3 Å². The highest BCUT2D eigenvalue weighted by atomic mass is 16.4. The third-order valence-electron chi connectivity index (χ3n) is 10.4. The van der Waals surface area contributed by atoms with Gasteiger partial charge in [0.1, 0.15) is 0 Å². The molecule has 0 unspecified atom stereocenters. The van der Waals surface area contributed by atoms with Crippen LogP contribution in [0.25, 0.3) is 85.4 Å². The Balaban J connectivity index is 0.992. The molecule has 0 amide bonds. The standard InChI is InChI=1S/C52H40N6O3/c1-32-6-12-40(13-7-32)47-53-56-50(59-47)43-24-18-37(19-25-43)35(4)30-46(39-22-28-45(29-23-39)52-58-55-49(61-52)42-16-10-34(3)11-17-42)31-36(5)38-20-26-44(27-21-38)51-57-54-48(60-51)41-14-8-33(2)9-15-41/h6-31H,4H2,1-3,5H3/b36-31+,46-30+. The number of rotatable bonds is 11. The highest BCUT2D eigenvalue weighted by molar-refractivity contribution is 5.91. The molecule has 296 valence electrons. The summed E-state index contributed by atoms with van der Waals surface area (Å²) in [6.07, 6.45) is 4.26. The average Bonchev–Trinajstić information content (AvgIpc) is 4.10. The van der Waals surface area contributed by atoms with Gasteiger partial charge in [0, 0.05) is 33.4 Å². The Morgan fingerprint density at radius 3 is 0.934 bits per heavy atom. The highest BCUT2D eigenvalue weighted by Gasteiger charge is 2.15. The molecule has 0 atom stereocenters. The van der Waals surface area contributed by atoms with Crippen LogP contribution in [0.1, 0.15) is 40.3 Å². The maximum Gasteiger partial charge on any atom is 0.248 e. The predicted octanol–water partition coefficient (Wildman–Crippen LogP) is 13.0. The lowest BCUT2D eigenvalue weighted by atomic mass is 9.95. The quantitative estimate of drug-likeness (QED) is 0.118. The molecule has 0 aliphatic carbocycles. The van der Waals surface area contributed by atoms with E-state index in [9.17, 15) is 0 Å². The second-order valence-electron chi connectivity index (χ2n) is 15.0. The Morgan fingerprint density at radius 2 is 0.623 bits per heavy atom. The number of nitrogens with zero attached hydrogens (tertiary/aromatic N) is 6. The third-order valence-corrected chi connectivity index (χ3v) is 10.4. The average molecular weight is 797 g/mol. The van der Waals surface area contributed by atoms with Gasteiger partial charge in [0.15, 0.2) is 0 Å². The van der Waals surface area contributed by atoms with Crippen molar-refractivity contribution in [2.24, 2.45) is 0 Å². The van der Waals surface area contributed by atoms with Crippen molar-refractivity contribution in [2.45, 2.75) is 27.7 Å². The lowest BCUT2D eigenvalue weighted by Gasteiger charge is -2.10. The first kappa shape index (κ1) is 38.5. The number of hydrogen-bond donors (Lipinski definition) is 0. The second-order valence-corrected chi connectivity index (χ2v) is 15.0. The topological polar surface area (TPSA) is 117 Å². The van der Waals surface area contributed by atoms with E-state index in [0.29, 0.717) is 35.3 Å². The van der Waals surface area contributed by atoms with Crippen molar-refractivity contribution in [1.29, 1.82) is 0 Å². The predicted molar refractivity (Wildman–Crippen MR) is 240 cm³/mol. The van der Waals surface area contributed by atoms with E-state index >= 15 is 0 Å². The van der Waals surface area contributed by atoms with Gasteiger partial charge in [-0.3, -0.25) is 0 Å². The molecule has 0 spiro atoms. The van der Waals surface area contributed by atoms with E-state index in [0.717, 1.165) is 72.4 Å². The molecule has 0 radical (unpaired) electrons. The first-order valence-corrected chi connectivity index (χ1v) is 19.9. The molecule has 9 nitrogen and oxygen atoms in total. The zero-order valence-corrected chi connectivity index (χ0v) is 34.1. The van der Waals surface area contributed by atoms with Crippen LogP contribution in [0.3, 0.4) is 0 Å². The van der Waals surface area contributed by atoms with Crippen LogP contribution in [0.5, 0.6) is 0 Å². The molecule has 0 aliphatic rings. The summed E-state index contributed by atoms with van der Waals surface area (Å²) in [7, 11) is 0. The number of aryl methyl sites for hydroxylation is 3. The summed E-state index contributed by atoms with van der Waals surface area (Å²) in [4.78, 5) is 0. The van der Waals surface area contributed by atoms with E-state index < -0.39 is 0 Å². The van der Waals surface area contributed by atoms with E-state index in [-0.39, 0.29) is 0 Å². The van der Waals surface area contributed by atoms with Crippen molar-refractivity contribution < 1.29 is 13.3 Å². The lowest BCUT2D eigenvalue weighted by molar-refractivity contribution is 0.584. The van der Waals surface area contributed by atoms with Gasteiger partial charge in [0.2, 0.25) is 35.3 Å². The molecule has 0 N–H and O–H groups in total. The summed E-state index contributed by atoms with van der Waals surface area (Å²) in [5.74, 6) is 2.80. The zero-order valence-electron chi connectivity index (χ0n) is 34.1. The Morgan fingerprint density at radius 1 is 0.361 bits per heavy atom. The van der Waals surface area contributed by atoms with Gasteiger partial charge in [-0.25, -0.2) is 0 Å². The van der Waals surface area contributed by atoms with Gasteiger partial charge in [-0.1, -0.05) is 102 Å². The van der Waals surface area contributed by atoms with Crippen LogP contribution in [0.4, 0.5) is 0 Å². The maximum atomic E-state index is 6.09. The molecular formula is C52H40N6O3. The van der Waals surface area contributed by atoms with Gasteiger partial charge in [-0.15, -0.1) is 30.6 Å². The fourth-order valence-corrected chi connectivity index (χ4v) is 6.76. The normalized spacial score (nSPS) is 11.9. The van der Waals surface area contributed by atoms with Crippen molar-refractivity contribution in [3.8, 4) is 68.7 Å². The Kier molecular flexibility index (Phi) is 10.5. The molecular weight excluding hydrogens is 757 g/mol. The summed E-state index contributed by atoms with van der Waals surface area (Å²) < 4.78 is 18.2. The summed E-state index contributed by atoms with van der Waals surface area (Å²) >= 11 is 0. The van der Waals surface area contributed by atoms with Gasteiger partial charge < -0.3 is 13.3 Å². The van der Waals surface area contributed by atoms with Crippen LogP contribution in [-0.4, -0.2) is 30.6 Å². The minimum atomic E-state index is 0.448. The minimum absolute atomic E-state index is 0.448. The lowest BCUT2D eigenvalue weighted by Crippen LogP contribution is -1.89. The monoisotopic (exact) mass is 796 g/mol. The molecule has 0 saturated heterocycles. The second kappa shape index (κ2) is 16.7. The Labute approximate surface area is 353 Å². The van der Waals surface area contributed by atoms with Gasteiger partial charge in [-0.2, -0.15) is 0 Å². The summed E-state index contributed by atoms with van der Waals surface area (Å²) in [5.41, 5.74) is 14.4. The van der Waals surface area contributed by atoms with Crippen molar-refractivity contribution in [3.05, 3.63) is 198 Å². The number of benzene rings is 6. The van der Waals surface area contributed by atoms with Crippen LogP contribution in [0.2, 0.25) is 0 Å². The molecule has 0 aliphatic heterocycles. The van der Waals surface area contributed by atoms with E-state index in [1.807, 2.05) is 142 Å². The van der Waals surface area contributed by atoms with Crippen molar-refractivity contribution in [3.63, 3.8) is 0 Å². The number of allylic oxidation sites excluding steroid dienone is 5. The van der Waals surface area contributed by atoms with Crippen molar-refractivity contribution >= 4 is 16.7 Å². The van der Waals surface area contributed by atoms with Crippen LogP contribution in [0, 0.1) is 20.8 Å². The van der Waals surface area contributed by atoms with Crippen molar-refractivity contribution in [1.82, 2.24) is 30.6 Å². The summed E-state index contributed by atoms with van der Waals surface area (Å²) in [6, 6.07) is 48.3. The molecule has 3 aromatic heterocycles. The molecule has 9 heteroatoms. The van der Waals surface area contributed by atoms with Gasteiger partial charge in [0.25, 0.3) is 0 Å². The van der Waals surface area contributed by atoms with Crippen LogP contribution in [-0.2, 0) is 0 Å². The zero-order chi connectivity index (χ0) is 41.9. The molecule has 61 heavy (non-hydrogen) atoms. The Hall–Kier alpha value is -8.04. The van der Waals surface area contributed by atoms with Crippen LogP contribution < -0.4 is 0 Å². The van der Waals surface area contributed by atoms with Gasteiger partial charge in [-0.05, 0) is 140 Å². The van der Waals surface area contributed by atoms with E-state index in [2.05, 4.69) is 80.5 Å². The fourth-order valence-electron chi connectivity index (χ4n) is 6.76. The first-order chi connectivity index (χ1) is 29.7. The van der Waals surface area contributed by atoms with E-state index in [1.54, 1.807) is 0 Å².